The van der Waals surface area contributed by atoms with Gasteiger partial charge < -0.3 is 5.32 Å². The third kappa shape index (κ3) is 4.15. The van der Waals surface area contributed by atoms with Crippen LogP contribution in [0.5, 0.6) is 0 Å². The molecule has 2 nitrogen and oxygen atoms in total. The Balaban J connectivity index is 1.86. The molecule has 3 heteroatoms. The van der Waals surface area contributed by atoms with E-state index in [4.69, 9.17) is 0 Å². The quantitative estimate of drug-likeness (QED) is 0.910. The van der Waals surface area contributed by atoms with Crippen LogP contribution in [0.4, 0.5) is 0 Å². The lowest BCUT2D eigenvalue weighted by Crippen LogP contribution is -2.12. The number of aromatic nitrogens is 1. The van der Waals surface area contributed by atoms with Crippen molar-refractivity contribution >= 4 is 11.3 Å². The van der Waals surface area contributed by atoms with Crippen LogP contribution in [0.3, 0.4) is 0 Å². The third-order valence-electron chi connectivity index (χ3n) is 3.00. The number of thiophene rings is 1. The molecule has 0 aliphatic heterocycles. The fourth-order valence-electron chi connectivity index (χ4n) is 1.81. The molecular formula is C16H22N2S. The number of aryl methyl sites for hydroxylation is 1. The minimum absolute atomic E-state index is 0.254. The zero-order valence-corrected chi connectivity index (χ0v) is 13.0. The summed E-state index contributed by atoms with van der Waals surface area (Å²) in [5.74, 6) is 0. The molecule has 0 fully saturated rings. The van der Waals surface area contributed by atoms with Crippen LogP contribution in [0.2, 0.25) is 0 Å². The number of pyridine rings is 1. The lowest BCUT2D eigenvalue weighted by molar-refractivity contribution is 0.604. The second kappa shape index (κ2) is 5.85. The Morgan fingerprint density at radius 3 is 2.47 bits per heavy atom. The van der Waals surface area contributed by atoms with Crippen LogP contribution in [-0.4, -0.2) is 4.98 Å². The predicted molar refractivity (Wildman–Crippen MR) is 82.5 cm³/mol. The van der Waals surface area contributed by atoms with Crippen molar-refractivity contribution in [3.63, 3.8) is 0 Å². The van der Waals surface area contributed by atoms with E-state index in [2.05, 4.69) is 55.3 Å². The average Bonchev–Trinajstić information content (AvgIpc) is 2.80. The molecule has 1 N–H and O–H groups in total. The predicted octanol–water partition coefficient (Wildman–Crippen LogP) is 4.04. The minimum Gasteiger partial charge on any atom is -0.308 e. The summed E-state index contributed by atoms with van der Waals surface area (Å²) in [4.78, 5) is 7.14. The van der Waals surface area contributed by atoms with E-state index in [-0.39, 0.29) is 5.41 Å². The maximum atomic E-state index is 4.30. The van der Waals surface area contributed by atoms with E-state index >= 15 is 0 Å². The normalized spacial score (nSPS) is 11.8. The molecule has 102 valence electrons. The standard InChI is InChI=1S/C16H22N2S/c1-12-5-6-13(10-18-12)9-17-11-14-7-8-15(19-14)16(2,3)4/h5-8,10,17H,9,11H2,1-4H3. The van der Waals surface area contributed by atoms with E-state index in [1.54, 1.807) is 0 Å². The number of hydrogen-bond donors (Lipinski definition) is 1. The molecule has 0 saturated heterocycles. The van der Waals surface area contributed by atoms with E-state index in [1.807, 2.05) is 24.5 Å². The van der Waals surface area contributed by atoms with E-state index in [1.165, 1.54) is 15.3 Å². The van der Waals surface area contributed by atoms with Gasteiger partial charge in [-0.2, -0.15) is 0 Å². The zero-order valence-electron chi connectivity index (χ0n) is 12.2. The number of nitrogens with one attached hydrogen (secondary N) is 1. The van der Waals surface area contributed by atoms with Gasteiger partial charge >= 0.3 is 0 Å². The first-order chi connectivity index (χ1) is 8.95. The van der Waals surface area contributed by atoms with Crippen molar-refractivity contribution in [1.29, 1.82) is 0 Å². The fraction of sp³-hybridized carbons (Fsp3) is 0.438. The fourth-order valence-corrected chi connectivity index (χ4v) is 2.84. The van der Waals surface area contributed by atoms with Crippen molar-refractivity contribution in [3.05, 3.63) is 51.5 Å². The molecule has 0 amide bonds. The highest BCUT2D eigenvalue weighted by atomic mass is 32.1. The SMILES string of the molecule is Cc1ccc(CNCc2ccc(C(C)(C)C)s2)cn1. The Hall–Kier alpha value is -1.19. The van der Waals surface area contributed by atoms with Gasteiger partial charge in [-0.3, -0.25) is 4.98 Å². The van der Waals surface area contributed by atoms with Crippen LogP contribution in [-0.2, 0) is 18.5 Å². The molecule has 2 aromatic heterocycles. The Morgan fingerprint density at radius 1 is 1.11 bits per heavy atom. The van der Waals surface area contributed by atoms with Crippen molar-refractivity contribution in [1.82, 2.24) is 10.3 Å². The first-order valence-corrected chi connectivity index (χ1v) is 7.48. The van der Waals surface area contributed by atoms with Gasteiger partial charge in [0, 0.05) is 34.7 Å². The molecular weight excluding hydrogens is 252 g/mol. The summed E-state index contributed by atoms with van der Waals surface area (Å²) in [6.45, 7) is 10.6. The summed E-state index contributed by atoms with van der Waals surface area (Å²) >= 11 is 1.90. The van der Waals surface area contributed by atoms with Crippen LogP contribution in [0.25, 0.3) is 0 Å². The highest BCUT2D eigenvalue weighted by Crippen LogP contribution is 2.29. The van der Waals surface area contributed by atoms with Gasteiger partial charge in [0.2, 0.25) is 0 Å². The van der Waals surface area contributed by atoms with Crippen LogP contribution in [0.15, 0.2) is 30.5 Å². The molecule has 0 aliphatic carbocycles. The van der Waals surface area contributed by atoms with Gasteiger partial charge in [-0.1, -0.05) is 26.8 Å². The summed E-state index contributed by atoms with van der Waals surface area (Å²) in [6.07, 6.45) is 1.94. The van der Waals surface area contributed by atoms with Crippen molar-refractivity contribution < 1.29 is 0 Å². The van der Waals surface area contributed by atoms with Crippen molar-refractivity contribution in [2.75, 3.05) is 0 Å². The third-order valence-corrected chi connectivity index (χ3v) is 4.51. The molecule has 0 bridgehead atoms. The molecule has 2 aromatic rings. The second-order valence-electron chi connectivity index (χ2n) is 5.93. The Morgan fingerprint density at radius 2 is 1.89 bits per heavy atom. The van der Waals surface area contributed by atoms with Crippen LogP contribution in [0, 0.1) is 6.92 Å². The average molecular weight is 274 g/mol. The Labute approximate surface area is 119 Å². The van der Waals surface area contributed by atoms with Crippen molar-refractivity contribution in [2.45, 2.75) is 46.2 Å². The summed E-state index contributed by atoms with van der Waals surface area (Å²) in [6, 6.07) is 8.66. The molecule has 0 aliphatic rings. The zero-order chi connectivity index (χ0) is 13.9. The lowest BCUT2D eigenvalue weighted by atomic mass is 9.95. The van der Waals surface area contributed by atoms with Crippen LogP contribution >= 0.6 is 11.3 Å². The van der Waals surface area contributed by atoms with E-state index in [9.17, 15) is 0 Å². The summed E-state index contributed by atoms with van der Waals surface area (Å²) in [5.41, 5.74) is 2.55. The lowest BCUT2D eigenvalue weighted by Gasteiger charge is -2.15. The molecule has 2 heterocycles. The van der Waals surface area contributed by atoms with Crippen molar-refractivity contribution in [2.24, 2.45) is 0 Å². The number of hydrogen-bond acceptors (Lipinski definition) is 3. The highest BCUT2D eigenvalue weighted by Gasteiger charge is 2.15. The van der Waals surface area contributed by atoms with E-state index in [0.29, 0.717) is 0 Å². The monoisotopic (exact) mass is 274 g/mol. The van der Waals surface area contributed by atoms with Gasteiger partial charge in [0.05, 0.1) is 0 Å². The van der Waals surface area contributed by atoms with Gasteiger partial charge in [0.1, 0.15) is 0 Å². The van der Waals surface area contributed by atoms with Gasteiger partial charge in [-0.05, 0) is 36.1 Å². The highest BCUT2D eigenvalue weighted by molar-refractivity contribution is 7.12. The maximum Gasteiger partial charge on any atom is 0.0372 e. The molecule has 0 saturated carbocycles. The second-order valence-corrected chi connectivity index (χ2v) is 7.10. The molecule has 0 spiro atoms. The van der Waals surface area contributed by atoms with E-state index in [0.717, 1.165) is 18.8 Å². The Bertz CT molecular complexity index is 520. The smallest absolute Gasteiger partial charge is 0.0372 e. The molecule has 0 aromatic carbocycles. The van der Waals surface area contributed by atoms with Gasteiger partial charge in [-0.15, -0.1) is 11.3 Å². The van der Waals surface area contributed by atoms with E-state index < -0.39 is 0 Å². The molecule has 0 atom stereocenters. The summed E-state index contributed by atoms with van der Waals surface area (Å²) in [5, 5.41) is 3.47. The first-order valence-electron chi connectivity index (χ1n) is 6.66. The first kappa shape index (κ1) is 14.2. The molecule has 2 rings (SSSR count). The topological polar surface area (TPSA) is 24.9 Å². The van der Waals surface area contributed by atoms with Crippen LogP contribution < -0.4 is 5.32 Å². The van der Waals surface area contributed by atoms with Crippen LogP contribution in [0.1, 0.15) is 41.8 Å². The summed E-state index contributed by atoms with van der Waals surface area (Å²) < 4.78 is 0. The Kier molecular flexibility index (Phi) is 4.38. The molecule has 19 heavy (non-hydrogen) atoms. The van der Waals surface area contributed by atoms with Gasteiger partial charge in [-0.25, -0.2) is 0 Å². The largest absolute Gasteiger partial charge is 0.308 e. The van der Waals surface area contributed by atoms with Gasteiger partial charge in [0.15, 0.2) is 0 Å². The summed E-state index contributed by atoms with van der Waals surface area (Å²) in [7, 11) is 0. The number of nitrogens with zero attached hydrogens (tertiary/aromatic N) is 1. The molecule has 0 unspecified atom stereocenters. The van der Waals surface area contributed by atoms with Gasteiger partial charge in [0.25, 0.3) is 0 Å². The minimum atomic E-state index is 0.254. The maximum absolute atomic E-state index is 4.30. The molecule has 0 radical (unpaired) electrons. The van der Waals surface area contributed by atoms with Crippen molar-refractivity contribution in [3.8, 4) is 0 Å². The number of rotatable bonds is 4.